The molecular formula is C30H33BFNO5. The van der Waals surface area contributed by atoms with Crippen LogP contribution in [0.4, 0.5) is 4.39 Å². The molecule has 38 heavy (non-hydrogen) atoms. The number of likely N-dealkylation sites (tertiary alicyclic amines) is 1. The van der Waals surface area contributed by atoms with Crippen LogP contribution in [-0.4, -0.2) is 47.1 Å². The Labute approximate surface area is 223 Å². The first kappa shape index (κ1) is 26.4. The number of rotatable bonds is 6. The quantitative estimate of drug-likeness (QED) is 0.246. The minimum Gasteiger partial charge on any atom is -0.505 e. The second kappa shape index (κ2) is 10.5. The number of nitrogens with zero attached hydrogens (tertiary/aromatic N) is 1. The maximum absolute atomic E-state index is 14.1. The summed E-state index contributed by atoms with van der Waals surface area (Å²) < 4.78 is 20.2. The van der Waals surface area contributed by atoms with Crippen molar-refractivity contribution < 1.29 is 28.8 Å². The Balaban J connectivity index is 1.49. The van der Waals surface area contributed by atoms with E-state index in [-0.39, 0.29) is 29.6 Å². The Hall–Kier alpha value is -3.23. The number of carbonyl (C=O) groups excluding carboxylic acids is 2. The summed E-state index contributed by atoms with van der Waals surface area (Å²) >= 11 is 0. The molecule has 198 valence electrons. The Morgan fingerprint density at radius 3 is 2.58 bits per heavy atom. The van der Waals surface area contributed by atoms with Gasteiger partial charge in [-0.2, -0.15) is 0 Å². The molecule has 4 atom stereocenters. The van der Waals surface area contributed by atoms with E-state index >= 15 is 0 Å². The molecule has 2 fully saturated rings. The van der Waals surface area contributed by atoms with Crippen LogP contribution in [0.15, 0.2) is 59.7 Å². The van der Waals surface area contributed by atoms with Crippen molar-refractivity contribution >= 4 is 30.6 Å². The van der Waals surface area contributed by atoms with Crippen LogP contribution in [0.2, 0.25) is 6.32 Å². The number of halogens is 1. The SMILES string of the molecule is CC(C)C1=C2[C@@H](CC/C(=C/c3ccc(O)c(F)c3)c3ccccc3)OB(O)C[C@@H]2[C@@H]2C(=O)N(C)C(=O)[C@@H]2C1. The summed E-state index contributed by atoms with van der Waals surface area (Å²) in [6, 6.07) is 14.1. The van der Waals surface area contributed by atoms with Crippen LogP contribution >= 0.6 is 0 Å². The van der Waals surface area contributed by atoms with Crippen molar-refractivity contribution in [2.24, 2.45) is 23.7 Å². The van der Waals surface area contributed by atoms with Crippen molar-refractivity contribution in [3.63, 3.8) is 0 Å². The van der Waals surface area contributed by atoms with E-state index in [2.05, 4.69) is 13.8 Å². The molecule has 2 amide bonds. The summed E-state index contributed by atoms with van der Waals surface area (Å²) in [7, 11) is 0.527. The third-order valence-corrected chi connectivity index (χ3v) is 8.29. The molecule has 5 rings (SSSR count). The second-order valence-electron chi connectivity index (χ2n) is 10.9. The van der Waals surface area contributed by atoms with Crippen LogP contribution in [-0.2, 0) is 14.2 Å². The number of phenols is 1. The third-order valence-electron chi connectivity index (χ3n) is 8.29. The van der Waals surface area contributed by atoms with Gasteiger partial charge in [-0.1, -0.05) is 61.9 Å². The topological polar surface area (TPSA) is 87.1 Å². The monoisotopic (exact) mass is 517 g/mol. The van der Waals surface area contributed by atoms with E-state index in [0.29, 0.717) is 31.1 Å². The lowest BCUT2D eigenvalue weighted by atomic mass is 9.57. The highest BCUT2D eigenvalue weighted by Crippen LogP contribution is 2.51. The lowest BCUT2D eigenvalue weighted by Gasteiger charge is -2.44. The molecule has 2 aromatic carbocycles. The fourth-order valence-electron chi connectivity index (χ4n) is 6.46. The lowest BCUT2D eigenvalue weighted by molar-refractivity contribution is -0.138. The van der Waals surface area contributed by atoms with Gasteiger partial charge in [0.25, 0.3) is 0 Å². The van der Waals surface area contributed by atoms with E-state index in [4.69, 9.17) is 4.65 Å². The van der Waals surface area contributed by atoms with Crippen LogP contribution < -0.4 is 0 Å². The minimum atomic E-state index is -1.02. The Morgan fingerprint density at radius 2 is 1.89 bits per heavy atom. The molecule has 0 saturated carbocycles. The summed E-state index contributed by atoms with van der Waals surface area (Å²) in [5.41, 5.74) is 4.78. The maximum atomic E-state index is 14.1. The summed E-state index contributed by atoms with van der Waals surface area (Å²) in [4.78, 5) is 27.2. The third kappa shape index (κ3) is 4.83. The average Bonchev–Trinajstić information content (AvgIpc) is 3.12. The number of hydrogen-bond acceptors (Lipinski definition) is 5. The van der Waals surface area contributed by atoms with Gasteiger partial charge in [-0.15, -0.1) is 0 Å². The number of allylic oxidation sites excluding steroid dienone is 2. The largest absolute Gasteiger partial charge is 0.505 e. The van der Waals surface area contributed by atoms with Gasteiger partial charge in [-0.3, -0.25) is 14.5 Å². The van der Waals surface area contributed by atoms with Gasteiger partial charge in [0, 0.05) is 7.05 Å². The lowest BCUT2D eigenvalue weighted by Crippen LogP contribution is -2.46. The van der Waals surface area contributed by atoms with Crippen LogP contribution in [0.5, 0.6) is 5.75 Å². The fraction of sp³-hybridized carbons (Fsp3) is 0.400. The van der Waals surface area contributed by atoms with Gasteiger partial charge in [-0.25, -0.2) is 4.39 Å². The van der Waals surface area contributed by atoms with Gasteiger partial charge in [-0.05, 0) is 71.8 Å². The van der Waals surface area contributed by atoms with E-state index in [1.807, 2.05) is 36.4 Å². The van der Waals surface area contributed by atoms with Crippen LogP contribution in [0.3, 0.4) is 0 Å². The molecule has 2 heterocycles. The molecule has 3 aliphatic rings. The van der Waals surface area contributed by atoms with Gasteiger partial charge >= 0.3 is 7.12 Å². The molecular weight excluding hydrogens is 484 g/mol. The number of carbonyl (C=O) groups is 2. The van der Waals surface area contributed by atoms with Crippen LogP contribution in [0, 0.1) is 29.5 Å². The Kier molecular flexibility index (Phi) is 7.29. The van der Waals surface area contributed by atoms with Gasteiger partial charge in [0.15, 0.2) is 11.6 Å². The average molecular weight is 517 g/mol. The van der Waals surface area contributed by atoms with Crippen molar-refractivity contribution in [2.75, 3.05) is 7.05 Å². The number of imide groups is 1. The van der Waals surface area contributed by atoms with Gasteiger partial charge in [0.2, 0.25) is 11.8 Å². The van der Waals surface area contributed by atoms with Crippen molar-refractivity contribution in [3.8, 4) is 5.75 Å². The highest BCUT2D eigenvalue weighted by Gasteiger charge is 2.56. The molecule has 2 aliphatic heterocycles. The zero-order chi connectivity index (χ0) is 27.1. The van der Waals surface area contributed by atoms with Gasteiger partial charge < -0.3 is 14.8 Å². The van der Waals surface area contributed by atoms with E-state index in [1.54, 1.807) is 13.1 Å². The number of hydrogen-bond donors (Lipinski definition) is 2. The predicted octanol–water partition coefficient (Wildman–Crippen LogP) is 4.93. The van der Waals surface area contributed by atoms with Crippen LogP contribution in [0.1, 0.15) is 44.2 Å². The molecule has 8 heteroatoms. The zero-order valence-electron chi connectivity index (χ0n) is 21.9. The molecule has 0 aromatic heterocycles. The standard InChI is InChI=1S/C30H33BFNO5/c1-17(2)21-15-22-28(30(36)33(3)29(22)35)23-16-31(37)38-26(27(21)23)12-10-20(19-7-5-4-6-8-19)13-18-9-11-25(34)24(32)14-18/h4-9,11,13-14,17,22-23,26,28,34,37H,10,12,15-16H2,1-3H3/b20-13-/t22-,23+,26-,28-/m1/s1. The van der Waals surface area contributed by atoms with Crippen molar-refractivity contribution in [3.05, 3.63) is 76.6 Å². The normalized spacial score (nSPS) is 25.8. The number of fused-ring (bicyclic) bond motifs is 3. The van der Waals surface area contributed by atoms with E-state index in [9.17, 15) is 24.1 Å². The zero-order valence-corrected chi connectivity index (χ0v) is 21.9. The van der Waals surface area contributed by atoms with E-state index < -0.39 is 30.7 Å². The number of amides is 2. The molecule has 0 bridgehead atoms. The van der Waals surface area contributed by atoms with E-state index in [0.717, 1.165) is 22.3 Å². The smallest absolute Gasteiger partial charge is 0.455 e. The highest BCUT2D eigenvalue weighted by molar-refractivity contribution is 6.43. The number of phenolic OH excluding ortho intramolecular Hbond substituents is 1. The molecule has 1 aliphatic carbocycles. The Bertz CT molecular complexity index is 1310. The highest BCUT2D eigenvalue weighted by atomic mass is 19.1. The molecule has 6 nitrogen and oxygen atoms in total. The summed E-state index contributed by atoms with van der Waals surface area (Å²) in [5, 5.41) is 20.3. The molecule has 0 unspecified atom stereocenters. The van der Waals surface area contributed by atoms with Gasteiger partial charge in [0.05, 0.1) is 17.9 Å². The number of benzene rings is 2. The first-order valence-corrected chi connectivity index (χ1v) is 13.3. The number of aromatic hydroxyl groups is 1. The first-order chi connectivity index (χ1) is 18.2. The molecule has 0 spiro atoms. The van der Waals surface area contributed by atoms with Crippen molar-refractivity contribution in [1.29, 1.82) is 0 Å². The van der Waals surface area contributed by atoms with Crippen LogP contribution in [0.25, 0.3) is 11.6 Å². The van der Waals surface area contributed by atoms with Gasteiger partial charge in [0.1, 0.15) is 0 Å². The van der Waals surface area contributed by atoms with E-state index in [1.165, 1.54) is 17.0 Å². The maximum Gasteiger partial charge on any atom is 0.455 e. The fourth-order valence-corrected chi connectivity index (χ4v) is 6.46. The Morgan fingerprint density at radius 1 is 1.16 bits per heavy atom. The molecule has 2 N–H and O–H groups in total. The molecule has 0 radical (unpaired) electrons. The summed E-state index contributed by atoms with van der Waals surface area (Å²) in [5.74, 6) is -2.29. The predicted molar refractivity (Wildman–Crippen MR) is 144 cm³/mol. The first-order valence-electron chi connectivity index (χ1n) is 13.3. The summed E-state index contributed by atoms with van der Waals surface area (Å²) in [6.45, 7) is 4.20. The minimum absolute atomic E-state index is 0.134. The van der Waals surface area contributed by atoms with Crippen molar-refractivity contribution in [1.82, 2.24) is 4.90 Å². The molecule has 2 saturated heterocycles. The van der Waals surface area contributed by atoms with Crippen molar-refractivity contribution in [2.45, 2.75) is 45.5 Å². The second-order valence-corrected chi connectivity index (χ2v) is 10.9. The summed E-state index contributed by atoms with van der Waals surface area (Å²) in [6.07, 6.45) is 3.45. The molecule has 2 aromatic rings.